The van der Waals surface area contributed by atoms with Crippen LogP contribution in [0.1, 0.15) is 29.8 Å². The maximum atomic E-state index is 12.5. The van der Waals surface area contributed by atoms with Gasteiger partial charge in [0.25, 0.3) is 5.91 Å². The van der Waals surface area contributed by atoms with Crippen LogP contribution in [-0.4, -0.2) is 46.5 Å². The second kappa shape index (κ2) is 6.26. The van der Waals surface area contributed by atoms with Gasteiger partial charge in [0, 0.05) is 25.7 Å². The van der Waals surface area contributed by atoms with Crippen molar-refractivity contribution in [2.75, 3.05) is 26.2 Å². The smallest absolute Gasteiger partial charge is 0.323 e. The van der Waals surface area contributed by atoms with Gasteiger partial charge in [0.1, 0.15) is 0 Å². The van der Waals surface area contributed by atoms with Gasteiger partial charge in [0.15, 0.2) is 5.69 Å². The van der Waals surface area contributed by atoms with Gasteiger partial charge in [-0.25, -0.2) is 4.57 Å². The molecule has 0 atom stereocenters. The van der Waals surface area contributed by atoms with Gasteiger partial charge in [0.2, 0.25) is 0 Å². The van der Waals surface area contributed by atoms with Crippen molar-refractivity contribution in [2.45, 2.75) is 19.3 Å². The number of hydrogen-bond donors (Lipinski definition) is 1. The highest BCUT2D eigenvalue weighted by Gasteiger charge is 2.39. The highest BCUT2D eigenvalue weighted by atomic mass is 35.5. The van der Waals surface area contributed by atoms with E-state index in [1.165, 1.54) is 17.1 Å². The zero-order valence-electron chi connectivity index (χ0n) is 12.6. The summed E-state index contributed by atoms with van der Waals surface area (Å²) in [5, 5.41) is 14.3. The predicted molar refractivity (Wildman–Crippen MR) is 84.4 cm³/mol. The fourth-order valence-electron chi connectivity index (χ4n) is 3.47. The number of nitro groups is 1. The van der Waals surface area contributed by atoms with Crippen molar-refractivity contribution in [1.82, 2.24) is 14.8 Å². The molecular weight excluding hydrogens is 308 g/mol. The van der Waals surface area contributed by atoms with Crippen LogP contribution in [0.15, 0.2) is 12.1 Å². The van der Waals surface area contributed by atoms with Crippen LogP contribution in [0, 0.1) is 15.5 Å². The highest BCUT2D eigenvalue weighted by molar-refractivity contribution is 5.93. The lowest BCUT2D eigenvalue weighted by Crippen LogP contribution is -2.44. The average Bonchev–Trinajstić information content (AvgIpc) is 3.06. The summed E-state index contributed by atoms with van der Waals surface area (Å²) in [6.45, 7) is 3.58. The molecule has 0 unspecified atom stereocenters. The second-order valence-electron chi connectivity index (χ2n) is 6.11. The summed E-state index contributed by atoms with van der Waals surface area (Å²) in [5.41, 5.74) is 0.749. The number of nitrogens with one attached hydrogen (secondary N) is 1. The second-order valence-corrected chi connectivity index (χ2v) is 6.11. The first-order valence-electron chi connectivity index (χ1n) is 7.33. The van der Waals surface area contributed by atoms with E-state index in [2.05, 4.69) is 5.32 Å². The summed E-state index contributed by atoms with van der Waals surface area (Å²) >= 11 is 0. The predicted octanol–water partition coefficient (Wildman–Crippen LogP) is 1.57. The summed E-state index contributed by atoms with van der Waals surface area (Å²) in [4.78, 5) is 24.7. The molecule has 1 N–H and O–H groups in total. The third-order valence-electron chi connectivity index (χ3n) is 4.94. The van der Waals surface area contributed by atoms with E-state index in [1.54, 1.807) is 13.1 Å². The van der Waals surface area contributed by atoms with Gasteiger partial charge in [-0.2, -0.15) is 0 Å². The molecule has 0 saturated carbocycles. The number of likely N-dealkylation sites (tertiary alicyclic amines) is 1. The molecular formula is C14H21ClN4O3. The first kappa shape index (κ1) is 16.8. The maximum Gasteiger partial charge on any atom is 0.323 e. The Morgan fingerprint density at radius 2 is 2.00 bits per heavy atom. The Kier molecular flexibility index (Phi) is 4.77. The first-order chi connectivity index (χ1) is 10.0. The van der Waals surface area contributed by atoms with Crippen molar-refractivity contribution in [3.8, 4) is 0 Å². The number of nitrogens with zero attached hydrogens (tertiary/aromatic N) is 3. The Balaban J connectivity index is 0.00000176. The van der Waals surface area contributed by atoms with E-state index < -0.39 is 4.92 Å². The number of carbonyl (C=O) groups excluding carboxylic acids is 1. The van der Waals surface area contributed by atoms with Crippen molar-refractivity contribution in [3.05, 3.63) is 27.9 Å². The van der Waals surface area contributed by atoms with Crippen molar-refractivity contribution in [1.29, 1.82) is 0 Å². The molecule has 0 aromatic carbocycles. The Morgan fingerprint density at radius 3 is 2.50 bits per heavy atom. The molecule has 0 radical (unpaired) electrons. The number of halogens is 1. The summed E-state index contributed by atoms with van der Waals surface area (Å²) in [6, 6.07) is 2.93. The summed E-state index contributed by atoms with van der Waals surface area (Å²) in [5.74, 6) is -0.154. The van der Waals surface area contributed by atoms with Crippen molar-refractivity contribution >= 4 is 24.1 Å². The Bertz CT molecular complexity index is 571. The minimum absolute atomic E-state index is 0. The molecule has 2 aliphatic heterocycles. The molecule has 0 bridgehead atoms. The molecule has 2 fully saturated rings. The van der Waals surface area contributed by atoms with Gasteiger partial charge in [-0.3, -0.25) is 4.79 Å². The third kappa shape index (κ3) is 2.83. The molecule has 2 saturated heterocycles. The molecule has 1 spiro atoms. The topological polar surface area (TPSA) is 80.4 Å². The molecule has 3 rings (SSSR count). The van der Waals surface area contributed by atoms with Crippen LogP contribution in [0.2, 0.25) is 0 Å². The lowest BCUT2D eigenvalue weighted by Gasteiger charge is -2.38. The molecule has 1 aromatic rings. The number of rotatable bonds is 2. The fraction of sp³-hybridized carbons (Fsp3) is 0.643. The minimum Gasteiger partial charge on any atom is -0.358 e. The lowest BCUT2D eigenvalue weighted by molar-refractivity contribution is -0.391. The zero-order valence-corrected chi connectivity index (χ0v) is 13.4. The van der Waals surface area contributed by atoms with Crippen LogP contribution in [0.4, 0.5) is 5.82 Å². The number of carbonyl (C=O) groups is 1. The van der Waals surface area contributed by atoms with Gasteiger partial charge >= 0.3 is 5.82 Å². The number of amides is 1. The van der Waals surface area contributed by atoms with Crippen LogP contribution >= 0.6 is 12.4 Å². The highest BCUT2D eigenvalue weighted by Crippen LogP contribution is 2.37. The lowest BCUT2D eigenvalue weighted by atomic mass is 9.78. The number of aromatic nitrogens is 1. The van der Waals surface area contributed by atoms with Crippen LogP contribution in [0.25, 0.3) is 0 Å². The van der Waals surface area contributed by atoms with E-state index in [-0.39, 0.29) is 24.1 Å². The van der Waals surface area contributed by atoms with Crippen LogP contribution in [0.3, 0.4) is 0 Å². The van der Waals surface area contributed by atoms with E-state index in [9.17, 15) is 14.9 Å². The maximum absolute atomic E-state index is 12.5. The fourth-order valence-corrected chi connectivity index (χ4v) is 3.47. The van der Waals surface area contributed by atoms with E-state index in [4.69, 9.17) is 0 Å². The summed E-state index contributed by atoms with van der Waals surface area (Å²) in [7, 11) is 1.57. The number of piperidine rings is 1. The van der Waals surface area contributed by atoms with Crippen LogP contribution in [0.5, 0.6) is 0 Å². The molecule has 1 amide bonds. The van der Waals surface area contributed by atoms with Crippen molar-refractivity contribution in [3.63, 3.8) is 0 Å². The van der Waals surface area contributed by atoms with Gasteiger partial charge in [0.05, 0.1) is 7.05 Å². The average molecular weight is 329 g/mol. The molecule has 8 heteroatoms. The van der Waals surface area contributed by atoms with Crippen molar-refractivity contribution in [2.24, 2.45) is 12.5 Å². The third-order valence-corrected chi connectivity index (χ3v) is 4.94. The van der Waals surface area contributed by atoms with E-state index >= 15 is 0 Å². The van der Waals surface area contributed by atoms with Gasteiger partial charge in [-0.1, -0.05) is 0 Å². The number of hydrogen-bond acceptors (Lipinski definition) is 4. The van der Waals surface area contributed by atoms with Gasteiger partial charge in [-0.15, -0.1) is 12.4 Å². The van der Waals surface area contributed by atoms with Gasteiger partial charge < -0.3 is 20.3 Å². The minimum atomic E-state index is -0.466. The Morgan fingerprint density at radius 1 is 1.32 bits per heavy atom. The monoisotopic (exact) mass is 328 g/mol. The largest absolute Gasteiger partial charge is 0.358 e. The quantitative estimate of drug-likeness (QED) is 0.660. The standard InChI is InChI=1S/C14H20N4O3.ClH/c1-16-11(2-3-12(16)18(20)21)13(19)17-8-5-14(6-9-17)4-7-15-10-14;/h2-3,15H,4-10H2,1H3;1H. The molecule has 22 heavy (non-hydrogen) atoms. The van der Waals surface area contributed by atoms with Crippen LogP contribution in [-0.2, 0) is 7.05 Å². The summed E-state index contributed by atoms with van der Waals surface area (Å²) in [6.07, 6.45) is 3.21. The van der Waals surface area contributed by atoms with E-state index in [0.717, 1.165) is 39.0 Å². The molecule has 2 aliphatic rings. The SMILES string of the molecule is Cl.Cn1c(C(=O)N2CCC3(CCNC3)CC2)ccc1[N+](=O)[O-]. The Hall–Kier alpha value is -1.60. The molecule has 1 aromatic heterocycles. The molecule has 0 aliphatic carbocycles. The summed E-state index contributed by atoms with van der Waals surface area (Å²) < 4.78 is 1.36. The Labute approximate surface area is 135 Å². The molecule has 3 heterocycles. The normalized spacial score (nSPS) is 20.0. The first-order valence-corrected chi connectivity index (χ1v) is 7.33. The zero-order chi connectivity index (χ0) is 15.0. The van der Waals surface area contributed by atoms with Crippen molar-refractivity contribution < 1.29 is 9.72 Å². The van der Waals surface area contributed by atoms with E-state index in [0.29, 0.717) is 11.1 Å². The van der Waals surface area contributed by atoms with E-state index in [1.807, 2.05) is 4.90 Å². The van der Waals surface area contributed by atoms with Crippen LogP contribution < -0.4 is 5.32 Å². The molecule has 122 valence electrons. The molecule has 7 nitrogen and oxygen atoms in total. The van der Waals surface area contributed by atoms with Gasteiger partial charge in [-0.05, 0) is 42.2 Å².